The van der Waals surface area contributed by atoms with Gasteiger partial charge in [0.05, 0.1) is 0 Å². The largest absolute Gasteiger partial charge is 0.462 e. The highest BCUT2D eigenvalue weighted by Crippen LogP contribution is 2.28. The van der Waals surface area contributed by atoms with Crippen LogP contribution >= 0.6 is 0 Å². The van der Waals surface area contributed by atoms with Gasteiger partial charge in [0.15, 0.2) is 24.4 Å². The van der Waals surface area contributed by atoms with E-state index in [1.165, 1.54) is 321 Å². The number of unbranched alkanes of at least 4 members (excludes halogenated alkanes) is 66. The third-order valence-electron chi connectivity index (χ3n) is 26.4. The van der Waals surface area contributed by atoms with Crippen LogP contribution in [0, 0.1) is 35.5 Å². The zero-order valence-electron chi connectivity index (χ0n) is 86.5. The molecule has 0 N–H and O–H groups in total. The molecule has 0 unspecified atom stereocenters. The first-order valence-corrected chi connectivity index (χ1v) is 56.3. The molecular formula is C114H218O12. The fourth-order valence-electron chi connectivity index (χ4n) is 18.0. The van der Waals surface area contributed by atoms with E-state index in [0.29, 0.717) is 38.5 Å². The highest BCUT2D eigenvalue weighted by molar-refractivity contribution is 5.73. The summed E-state index contributed by atoms with van der Waals surface area (Å²) >= 11 is 0. The minimum atomic E-state index is -1.60. The number of ether oxygens (including phenoxy) is 6. The zero-order chi connectivity index (χ0) is 92.3. The smallest absolute Gasteiger partial charge is 0.306 e. The summed E-state index contributed by atoms with van der Waals surface area (Å²) in [5.41, 5.74) is 0. The number of hydrogen-bond acceptors (Lipinski definition) is 12. The second kappa shape index (κ2) is 95.0. The Morgan fingerprint density at radius 3 is 0.389 bits per heavy atom. The normalized spacial score (nSPS) is 12.8. The maximum atomic E-state index is 14.9. The van der Waals surface area contributed by atoms with Crippen LogP contribution < -0.4 is 0 Å². The Kier molecular flexibility index (Phi) is 92.6. The van der Waals surface area contributed by atoms with Gasteiger partial charge in [0.25, 0.3) is 0 Å². The van der Waals surface area contributed by atoms with Crippen molar-refractivity contribution >= 4 is 35.8 Å². The lowest BCUT2D eigenvalue weighted by Gasteiger charge is -2.36. The molecule has 0 rings (SSSR count). The number of hydrogen-bond donors (Lipinski definition) is 0. The van der Waals surface area contributed by atoms with E-state index in [-0.39, 0.29) is 38.5 Å². The Hall–Kier alpha value is -3.18. The molecule has 0 saturated heterocycles. The van der Waals surface area contributed by atoms with Crippen molar-refractivity contribution in [2.45, 2.75) is 647 Å². The molecule has 0 amide bonds. The summed E-state index contributed by atoms with van der Waals surface area (Å²) in [6.45, 7) is 26.7. The quantitative estimate of drug-likeness (QED) is 0.0323. The van der Waals surface area contributed by atoms with Crippen LogP contribution in [0.1, 0.15) is 622 Å². The second-order valence-electron chi connectivity index (χ2n) is 42.4. The van der Waals surface area contributed by atoms with Crippen LogP contribution in [-0.2, 0) is 57.2 Å². The van der Waals surface area contributed by atoms with Gasteiger partial charge in [0, 0.05) is 38.5 Å². The minimum absolute atomic E-state index is 0.0422. The van der Waals surface area contributed by atoms with Gasteiger partial charge in [-0.25, -0.2) is 0 Å². The molecular weight excluding hydrogens is 1560 g/mol. The van der Waals surface area contributed by atoms with Gasteiger partial charge < -0.3 is 28.4 Å². The summed E-state index contributed by atoms with van der Waals surface area (Å²) < 4.78 is 38.8. The third-order valence-corrected chi connectivity index (χ3v) is 26.4. The summed E-state index contributed by atoms with van der Waals surface area (Å²) in [6, 6.07) is 0. The molecule has 0 fully saturated rings. The molecule has 746 valence electrons. The number of esters is 6. The Morgan fingerprint density at radius 2 is 0.254 bits per heavy atom. The lowest BCUT2D eigenvalue weighted by molar-refractivity contribution is -0.209. The van der Waals surface area contributed by atoms with Crippen LogP contribution in [0.3, 0.4) is 0 Å². The van der Waals surface area contributed by atoms with Crippen molar-refractivity contribution in [1.29, 1.82) is 0 Å². The molecule has 0 spiro atoms. The van der Waals surface area contributed by atoms with Crippen LogP contribution in [0.4, 0.5) is 0 Å². The Labute approximate surface area is 784 Å². The van der Waals surface area contributed by atoms with Gasteiger partial charge in [-0.1, -0.05) is 545 Å². The standard InChI is InChI=1S/C114H218O12/c1-99(2)85-73-61-49-37-25-13-19-31-43-55-67-79-91-107(115)121-97-105(123-109(117)93-81-69-57-45-33-21-15-27-39-51-63-75-87-101(5)6)113(125-111(119)95-83-71-59-47-35-23-17-29-41-53-65-77-89-103(9)10)114(126-112(120)96-84-72-60-48-36-24-18-30-42-54-66-78-90-104(11)12)106(124-110(118)94-82-70-58-46-34-22-16-28-40-52-64-76-88-102(7)8)98-122-108(116)92-80-68-56-44-32-20-14-26-38-50-62-74-86-100(3)4/h99-106,113-114H,13-98H2,1-12H3/t105-,106+,113-,114-/m1/s1. The molecule has 126 heavy (non-hydrogen) atoms. The van der Waals surface area contributed by atoms with E-state index >= 15 is 0 Å². The highest BCUT2D eigenvalue weighted by Gasteiger charge is 2.46. The average Bonchev–Trinajstić information content (AvgIpc) is 0.821. The number of carbonyl (C=O) groups is 6. The summed E-state index contributed by atoms with van der Waals surface area (Å²) in [5.74, 6) is 1.45. The molecule has 12 nitrogen and oxygen atoms in total. The van der Waals surface area contributed by atoms with E-state index in [1.807, 2.05) is 0 Å². The zero-order valence-corrected chi connectivity index (χ0v) is 86.5. The molecule has 0 aliphatic heterocycles. The van der Waals surface area contributed by atoms with Gasteiger partial charge in [-0.15, -0.1) is 0 Å². The maximum Gasteiger partial charge on any atom is 0.306 e. The van der Waals surface area contributed by atoms with Crippen molar-refractivity contribution in [3.63, 3.8) is 0 Å². The Morgan fingerprint density at radius 1 is 0.143 bits per heavy atom. The van der Waals surface area contributed by atoms with E-state index in [0.717, 1.165) is 177 Å². The van der Waals surface area contributed by atoms with Crippen molar-refractivity contribution in [2.75, 3.05) is 13.2 Å². The molecule has 4 atom stereocenters. The van der Waals surface area contributed by atoms with Gasteiger partial charge >= 0.3 is 35.8 Å². The fraction of sp³-hybridized carbons (Fsp3) is 0.947. The van der Waals surface area contributed by atoms with Crippen molar-refractivity contribution in [1.82, 2.24) is 0 Å². The number of rotatable bonds is 101. The summed E-state index contributed by atoms with van der Waals surface area (Å²) in [5, 5.41) is 0. The van der Waals surface area contributed by atoms with Gasteiger partial charge in [0.1, 0.15) is 13.2 Å². The summed E-state index contributed by atoms with van der Waals surface area (Å²) in [7, 11) is 0. The van der Waals surface area contributed by atoms with Crippen molar-refractivity contribution in [3.8, 4) is 0 Å². The fourth-order valence-corrected chi connectivity index (χ4v) is 18.0. The van der Waals surface area contributed by atoms with Gasteiger partial charge in [0.2, 0.25) is 0 Å². The molecule has 0 aliphatic rings. The first-order valence-electron chi connectivity index (χ1n) is 56.3. The molecule has 0 aromatic carbocycles. The third kappa shape index (κ3) is 92.7. The molecule has 0 bridgehead atoms. The van der Waals surface area contributed by atoms with Crippen molar-refractivity contribution < 1.29 is 57.2 Å². The maximum absolute atomic E-state index is 14.9. The van der Waals surface area contributed by atoms with Gasteiger partial charge in [-0.2, -0.15) is 0 Å². The minimum Gasteiger partial charge on any atom is -0.462 e. The van der Waals surface area contributed by atoms with E-state index in [9.17, 15) is 28.8 Å². The van der Waals surface area contributed by atoms with Crippen LogP contribution in [0.5, 0.6) is 0 Å². The second-order valence-corrected chi connectivity index (χ2v) is 42.4. The van der Waals surface area contributed by atoms with Crippen molar-refractivity contribution in [2.24, 2.45) is 35.5 Å². The lowest BCUT2D eigenvalue weighted by atomic mass is 10.0. The molecule has 0 saturated carbocycles. The van der Waals surface area contributed by atoms with Gasteiger partial charge in [-0.05, 0) is 74.0 Å². The monoisotopic (exact) mass is 1780 g/mol. The van der Waals surface area contributed by atoms with Crippen LogP contribution in [-0.4, -0.2) is 73.4 Å². The van der Waals surface area contributed by atoms with Crippen LogP contribution in [0.2, 0.25) is 0 Å². The van der Waals surface area contributed by atoms with Crippen molar-refractivity contribution in [3.05, 3.63) is 0 Å². The van der Waals surface area contributed by atoms with Crippen LogP contribution in [0.15, 0.2) is 0 Å². The first kappa shape index (κ1) is 123. The lowest BCUT2D eigenvalue weighted by Crippen LogP contribution is -2.54. The van der Waals surface area contributed by atoms with E-state index in [1.54, 1.807) is 0 Å². The topological polar surface area (TPSA) is 158 Å². The predicted octanol–water partition coefficient (Wildman–Crippen LogP) is 36.4. The predicted molar refractivity (Wildman–Crippen MR) is 538 cm³/mol. The molecule has 0 radical (unpaired) electrons. The average molecular weight is 1780 g/mol. The van der Waals surface area contributed by atoms with E-state index in [4.69, 9.17) is 28.4 Å². The molecule has 12 heteroatoms. The SMILES string of the molecule is CC(C)CCCCCCCCCCCCCCC(=O)OC[C@H](OC(=O)CCCCCCCCCCCCCCC(C)C)[C@@H](OC(=O)CCCCCCCCCCCCCCC(C)C)[C@H](OC(=O)CCCCCCCCCCCCCCC(C)C)[C@@H](COC(=O)CCCCCCCCCCCCCCC(C)C)OC(=O)CCCCCCCCCCCCCCC(C)C. The highest BCUT2D eigenvalue weighted by atomic mass is 16.6. The van der Waals surface area contributed by atoms with E-state index < -0.39 is 73.4 Å². The Balaban J connectivity index is 7.44. The molecule has 0 aromatic rings. The first-order chi connectivity index (χ1) is 61.2. The van der Waals surface area contributed by atoms with Gasteiger partial charge in [-0.3, -0.25) is 28.8 Å². The summed E-state index contributed by atoms with van der Waals surface area (Å²) in [4.78, 5) is 87.6. The molecule has 0 aromatic heterocycles. The Bertz CT molecular complexity index is 2170. The molecule has 0 aliphatic carbocycles. The van der Waals surface area contributed by atoms with Crippen LogP contribution in [0.25, 0.3) is 0 Å². The number of carbonyl (C=O) groups excluding carboxylic acids is 6. The molecule has 0 heterocycles. The van der Waals surface area contributed by atoms with E-state index in [2.05, 4.69) is 83.1 Å². The summed E-state index contributed by atoms with van der Waals surface area (Å²) in [6.07, 6.45) is 84.7.